The van der Waals surface area contributed by atoms with Crippen LogP contribution in [0.5, 0.6) is 0 Å². The maximum atomic E-state index is 13.1. The normalized spacial score (nSPS) is 17.7. The lowest BCUT2D eigenvalue weighted by Gasteiger charge is -2.26. The van der Waals surface area contributed by atoms with E-state index in [-0.39, 0.29) is 18.6 Å². The maximum absolute atomic E-state index is 13.1. The Kier molecular flexibility index (Phi) is 7.70. The van der Waals surface area contributed by atoms with E-state index in [4.69, 9.17) is 5.11 Å². The monoisotopic (exact) mass is 358 g/mol. The fraction of sp³-hybridized carbons (Fsp3) is 0.591. The summed E-state index contributed by atoms with van der Waals surface area (Å²) in [6.45, 7) is 10.3. The van der Waals surface area contributed by atoms with Crippen molar-refractivity contribution < 1.29 is 9.90 Å². The summed E-state index contributed by atoms with van der Waals surface area (Å²) in [4.78, 5) is 15.1. The average Bonchev–Trinajstić information content (AvgIpc) is 2.70. The first-order valence-corrected chi connectivity index (χ1v) is 9.86. The molecule has 1 amide bonds. The topological polar surface area (TPSA) is 52.6 Å². The second-order valence-electron chi connectivity index (χ2n) is 8.10. The molecule has 2 rings (SSSR count). The van der Waals surface area contributed by atoms with Crippen molar-refractivity contribution in [1.82, 2.24) is 4.90 Å². The van der Waals surface area contributed by atoms with Gasteiger partial charge in [0.15, 0.2) is 0 Å². The molecule has 0 unspecified atom stereocenters. The Labute approximate surface area is 158 Å². The number of nitrogens with one attached hydrogen (secondary N) is 1. The number of anilines is 1. The van der Waals surface area contributed by atoms with E-state index in [0.29, 0.717) is 24.8 Å². The predicted molar refractivity (Wildman–Crippen MR) is 109 cm³/mol. The van der Waals surface area contributed by atoms with Crippen LogP contribution in [0.2, 0.25) is 0 Å². The molecule has 144 valence electrons. The van der Waals surface area contributed by atoms with Gasteiger partial charge in [-0.15, -0.1) is 0 Å². The third kappa shape index (κ3) is 5.87. The van der Waals surface area contributed by atoms with Crippen molar-refractivity contribution in [2.24, 2.45) is 11.8 Å². The van der Waals surface area contributed by atoms with Crippen LogP contribution < -0.4 is 5.32 Å². The number of aliphatic hydroxyl groups is 1. The van der Waals surface area contributed by atoms with Crippen LogP contribution in [-0.2, 0) is 11.3 Å². The molecule has 1 atom stereocenters. The highest BCUT2D eigenvalue weighted by molar-refractivity contribution is 5.86. The van der Waals surface area contributed by atoms with Gasteiger partial charge in [0.1, 0.15) is 6.04 Å². The molecule has 4 nitrogen and oxygen atoms in total. The number of aliphatic hydroxyl groups excluding tert-OH is 1. The smallest absolute Gasteiger partial charge is 0.245 e. The van der Waals surface area contributed by atoms with Crippen molar-refractivity contribution in [1.29, 1.82) is 0 Å². The van der Waals surface area contributed by atoms with E-state index in [1.54, 1.807) is 0 Å². The van der Waals surface area contributed by atoms with Gasteiger partial charge in [-0.2, -0.15) is 0 Å². The van der Waals surface area contributed by atoms with Crippen LogP contribution in [0, 0.1) is 11.8 Å². The Balaban J connectivity index is 2.27. The van der Waals surface area contributed by atoms with Gasteiger partial charge in [-0.1, -0.05) is 45.9 Å². The van der Waals surface area contributed by atoms with Crippen LogP contribution in [-0.4, -0.2) is 35.1 Å². The van der Waals surface area contributed by atoms with Crippen molar-refractivity contribution in [3.63, 3.8) is 0 Å². The summed E-state index contributed by atoms with van der Waals surface area (Å²) in [6.07, 6.45) is 6.54. The molecule has 0 aliphatic carbocycles. The molecule has 0 aromatic heterocycles. The molecule has 1 aliphatic rings. The number of rotatable bonds is 8. The number of nitrogens with zero attached hydrogens (tertiary/aromatic N) is 1. The van der Waals surface area contributed by atoms with E-state index in [9.17, 15) is 4.79 Å². The Bertz CT molecular complexity index is 623. The summed E-state index contributed by atoms with van der Waals surface area (Å²) in [5, 5.41) is 12.4. The molecule has 1 aromatic carbocycles. The molecule has 1 aliphatic heterocycles. The van der Waals surface area contributed by atoms with Crippen molar-refractivity contribution in [2.45, 2.75) is 59.5 Å². The number of hydrogen-bond acceptors (Lipinski definition) is 3. The fourth-order valence-electron chi connectivity index (χ4n) is 3.27. The lowest BCUT2D eigenvalue weighted by molar-refractivity contribution is -0.132. The van der Waals surface area contributed by atoms with Crippen molar-refractivity contribution in [3.05, 3.63) is 35.4 Å². The van der Waals surface area contributed by atoms with E-state index < -0.39 is 0 Å². The maximum Gasteiger partial charge on any atom is 0.245 e. The number of benzene rings is 1. The zero-order valence-corrected chi connectivity index (χ0v) is 16.7. The van der Waals surface area contributed by atoms with Gasteiger partial charge in [0, 0.05) is 25.4 Å². The Morgan fingerprint density at radius 3 is 2.69 bits per heavy atom. The van der Waals surface area contributed by atoms with Crippen molar-refractivity contribution >= 4 is 17.7 Å². The summed E-state index contributed by atoms with van der Waals surface area (Å²) in [5.74, 6) is 1.26. The quantitative estimate of drug-likeness (QED) is 0.728. The molecule has 0 fully saturated rings. The van der Waals surface area contributed by atoms with E-state index in [1.165, 1.54) is 5.56 Å². The first-order chi connectivity index (χ1) is 12.4. The van der Waals surface area contributed by atoms with Crippen LogP contribution >= 0.6 is 0 Å². The first kappa shape index (κ1) is 20.5. The number of hydrogen-bond donors (Lipinski definition) is 2. The molecule has 0 saturated heterocycles. The summed E-state index contributed by atoms with van der Waals surface area (Å²) >= 11 is 0. The number of carbonyl (C=O) groups is 1. The molecule has 0 radical (unpaired) electrons. The third-order valence-corrected chi connectivity index (χ3v) is 4.72. The number of fused-ring (bicyclic) bond motifs is 1. The second-order valence-corrected chi connectivity index (χ2v) is 8.10. The standard InChI is InChI=1S/C22H34N2O2/c1-16(2)10-11-24-15-19-14-18(7-5-6-12-25)8-9-20(19)23-21(22(24)26)13-17(3)4/h5,7-9,14,16-17,21,23,25H,6,10-13,15H2,1-4H3/b7-5+/t21-/m0/s1. The fourth-order valence-corrected chi connectivity index (χ4v) is 3.27. The van der Waals surface area contributed by atoms with Crippen LogP contribution in [0.25, 0.3) is 6.08 Å². The van der Waals surface area contributed by atoms with Gasteiger partial charge in [-0.05, 0) is 54.4 Å². The Morgan fingerprint density at radius 1 is 1.27 bits per heavy atom. The minimum atomic E-state index is -0.154. The lowest BCUT2D eigenvalue weighted by Crippen LogP contribution is -2.41. The molecule has 2 N–H and O–H groups in total. The highest BCUT2D eigenvalue weighted by atomic mass is 16.2. The van der Waals surface area contributed by atoms with Gasteiger partial charge >= 0.3 is 0 Å². The minimum Gasteiger partial charge on any atom is -0.396 e. The van der Waals surface area contributed by atoms with E-state index in [2.05, 4.69) is 51.2 Å². The number of carbonyl (C=O) groups excluding carboxylic acids is 1. The third-order valence-electron chi connectivity index (χ3n) is 4.72. The van der Waals surface area contributed by atoms with Crippen LogP contribution in [0.1, 0.15) is 58.1 Å². The molecule has 4 heteroatoms. The molecule has 0 bridgehead atoms. The van der Waals surface area contributed by atoms with Gasteiger partial charge in [0.05, 0.1) is 0 Å². The summed E-state index contributed by atoms with van der Waals surface area (Å²) in [5.41, 5.74) is 3.34. The molecule has 26 heavy (non-hydrogen) atoms. The minimum absolute atomic E-state index is 0.154. The number of amides is 1. The Morgan fingerprint density at radius 2 is 2.04 bits per heavy atom. The van der Waals surface area contributed by atoms with Gasteiger partial charge in [-0.3, -0.25) is 4.79 Å². The van der Waals surface area contributed by atoms with Gasteiger partial charge in [0.25, 0.3) is 0 Å². The highest BCUT2D eigenvalue weighted by Crippen LogP contribution is 2.27. The van der Waals surface area contributed by atoms with Gasteiger partial charge in [0.2, 0.25) is 5.91 Å². The molecule has 0 spiro atoms. The lowest BCUT2D eigenvalue weighted by atomic mass is 10.0. The Hall–Kier alpha value is -1.81. The molecule has 1 heterocycles. The highest BCUT2D eigenvalue weighted by Gasteiger charge is 2.29. The largest absolute Gasteiger partial charge is 0.396 e. The van der Waals surface area contributed by atoms with Crippen molar-refractivity contribution in [3.8, 4) is 0 Å². The van der Waals surface area contributed by atoms with Crippen LogP contribution in [0.15, 0.2) is 24.3 Å². The summed E-state index contributed by atoms with van der Waals surface area (Å²) in [6, 6.07) is 6.16. The molecular formula is C22H34N2O2. The van der Waals surface area contributed by atoms with Crippen LogP contribution in [0.3, 0.4) is 0 Å². The average molecular weight is 359 g/mol. The van der Waals surface area contributed by atoms with Gasteiger partial charge in [-0.25, -0.2) is 0 Å². The molecular weight excluding hydrogens is 324 g/mol. The van der Waals surface area contributed by atoms with Crippen LogP contribution in [0.4, 0.5) is 5.69 Å². The predicted octanol–water partition coefficient (Wildman–Crippen LogP) is 4.30. The van der Waals surface area contributed by atoms with E-state index in [1.807, 2.05) is 17.1 Å². The van der Waals surface area contributed by atoms with Gasteiger partial charge < -0.3 is 15.3 Å². The summed E-state index contributed by atoms with van der Waals surface area (Å²) in [7, 11) is 0. The SMILES string of the molecule is CC(C)CCN1Cc2cc(/C=C/CCO)ccc2N[C@@H](CC(C)C)C1=O. The first-order valence-electron chi connectivity index (χ1n) is 9.86. The zero-order valence-electron chi connectivity index (χ0n) is 16.7. The second kappa shape index (κ2) is 9.77. The zero-order chi connectivity index (χ0) is 19.1. The van der Waals surface area contributed by atoms with E-state index >= 15 is 0 Å². The molecule has 0 saturated carbocycles. The molecule has 1 aromatic rings. The van der Waals surface area contributed by atoms with Crippen molar-refractivity contribution in [2.75, 3.05) is 18.5 Å². The summed E-state index contributed by atoms with van der Waals surface area (Å²) < 4.78 is 0. The van der Waals surface area contributed by atoms with E-state index in [0.717, 1.165) is 30.6 Å².